The summed E-state index contributed by atoms with van der Waals surface area (Å²) >= 11 is 0. The van der Waals surface area contributed by atoms with Crippen molar-refractivity contribution >= 4 is 27.6 Å². The Labute approximate surface area is 205 Å². The van der Waals surface area contributed by atoms with Gasteiger partial charge in [0.1, 0.15) is 17.8 Å². The molecule has 2 aromatic rings. The second-order valence-corrected chi connectivity index (χ2v) is 11.4. The number of carbonyl (C=O) groups is 3. The molecule has 0 radical (unpaired) electrons. The molecule has 4 rings (SSSR count). The van der Waals surface area contributed by atoms with Crippen LogP contribution in [0.1, 0.15) is 42.7 Å². The smallest absolute Gasteiger partial charge is 0.251 e. The molecule has 10 heteroatoms. The van der Waals surface area contributed by atoms with Crippen molar-refractivity contribution < 1.29 is 22.8 Å². The first-order chi connectivity index (χ1) is 16.7. The number of likely N-dealkylation sites (tertiary alicyclic amines) is 1. The Kier molecular flexibility index (Phi) is 7.32. The van der Waals surface area contributed by atoms with Gasteiger partial charge in [-0.15, -0.1) is 0 Å². The molecule has 0 saturated carbocycles. The molecule has 2 fully saturated rings. The highest BCUT2D eigenvalue weighted by atomic mass is 32.2. The quantitative estimate of drug-likeness (QED) is 0.591. The number of fused-ring (bicyclic) bond motifs is 1. The van der Waals surface area contributed by atoms with Crippen LogP contribution in [-0.4, -0.2) is 71.4 Å². The summed E-state index contributed by atoms with van der Waals surface area (Å²) < 4.78 is 27.5. The molecule has 2 amide bonds. The molecule has 3 heterocycles. The number of ketones is 1. The molecule has 2 aliphatic rings. The largest absolute Gasteiger partial charge is 0.340 e. The van der Waals surface area contributed by atoms with E-state index in [-0.39, 0.29) is 42.4 Å². The number of rotatable bonds is 8. The topological polar surface area (TPSA) is 117 Å². The molecule has 2 aliphatic heterocycles. The van der Waals surface area contributed by atoms with E-state index in [0.29, 0.717) is 24.1 Å². The second-order valence-electron chi connectivity index (χ2n) is 9.44. The van der Waals surface area contributed by atoms with Crippen LogP contribution in [0.4, 0.5) is 0 Å². The lowest BCUT2D eigenvalue weighted by Gasteiger charge is -2.29. The first-order valence-electron chi connectivity index (χ1n) is 11.8. The van der Waals surface area contributed by atoms with Gasteiger partial charge in [0.15, 0.2) is 5.78 Å². The molecule has 186 valence electrons. The minimum absolute atomic E-state index is 0.118. The summed E-state index contributed by atoms with van der Waals surface area (Å²) in [6, 6.07) is 11.4. The van der Waals surface area contributed by atoms with E-state index < -0.39 is 28.1 Å². The van der Waals surface area contributed by atoms with Crippen LogP contribution in [-0.2, 0) is 25.4 Å². The van der Waals surface area contributed by atoms with Gasteiger partial charge in [-0.2, -0.15) is 4.31 Å². The van der Waals surface area contributed by atoms with Gasteiger partial charge in [-0.3, -0.25) is 19.4 Å². The van der Waals surface area contributed by atoms with E-state index in [0.717, 1.165) is 0 Å². The number of hydrogen-bond acceptors (Lipinski definition) is 6. The standard InChI is InChI=1S/C25H30N4O5S/c1-17(2)14-20(27-24(31)18-8-4-3-5-9-18)25(32)28-13-11-21-23(28)22(30)15-29(21)35(33,34)16-19-10-6-7-12-26-19/h3-10,12,17,20-21,23H,11,13-16H2,1-2H3,(H,27,31). The first-order valence-corrected chi connectivity index (χ1v) is 13.4. The van der Waals surface area contributed by atoms with Crippen molar-refractivity contribution in [2.45, 2.75) is 50.6 Å². The van der Waals surface area contributed by atoms with Crippen molar-refractivity contribution in [1.82, 2.24) is 19.5 Å². The van der Waals surface area contributed by atoms with Crippen molar-refractivity contribution in [3.8, 4) is 0 Å². The van der Waals surface area contributed by atoms with Crippen molar-refractivity contribution in [3.05, 3.63) is 66.0 Å². The molecule has 1 N–H and O–H groups in total. The third kappa shape index (κ3) is 5.43. The van der Waals surface area contributed by atoms with Crippen LogP contribution in [0, 0.1) is 5.92 Å². The molecule has 1 aromatic heterocycles. The van der Waals surface area contributed by atoms with Crippen LogP contribution in [0.15, 0.2) is 54.7 Å². The number of benzene rings is 1. The maximum absolute atomic E-state index is 13.6. The van der Waals surface area contributed by atoms with Gasteiger partial charge in [-0.25, -0.2) is 8.42 Å². The Hall–Kier alpha value is -3.11. The minimum Gasteiger partial charge on any atom is -0.340 e. The van der Waals surface area contributed by atoms with Crippen LogP contribution < -0.4 is 5.32 Å². The van der Waals surface area contributed by atoms with Crippen LogP contribution >= 0.6 is 0 Å². The molecular weight excluding hydrogens is 468 g/mol. The average Bonchev–Trinajstić information content (AvgIpc) is 3.40. The third-order valence-electron chi connectivity index (χ3n) is 6.42. The van der Waals surface area contributed by atoms with E-state index in [1.165, 1.54) is 15.4 Å². The summed E-state index contributed by atoms with van der Waals surface area (Å²) in [7, 11) is -3.80. The maximum Gasteiger partial charge on any atom is 0.251 e. The van der Waals surface area contributed by atoms with Gasteiger partial charge in [0.25, 0.3) is 5.91 Å². The first kappa shape index (κ1) is 25.0. The highest BCUT2D eigenvalue weighted by Crippen LogP contribution is 2.33. The molecule has 35 heavy (non-hydrogen) atoms. The molecular formula is C25H30N4O5S. The number of aromatic nitrogens is 1. The van der Waals surface area contributed by atoms with Gasteiger partial charge in [-0.1, -0.05) is 38.1 Å². The Morgan fingerprint density at radius 1 is 1.11 bits per heavy atom. The van der Waals surface area contributed by atoms with Gasteiger partial charge >= 0.3 is 0 Å². The van der Waals surface area contributed by atoms with Gasteiger partial charge in [-0.05, 0) is 43.0 Å². The zero-order valence-electron chi connectivity index (χ0n) is 19.8. The number of nitrogens with zero attached hydrogens (tertiary/aromatic N) is 3. The van der Waals surface area contributed by atoms with E-state index in [4.69, 9.17) is 0 Å². The minimum atomic E-state index is -3.80. The fourth-order valence-corrected chi connectivity index (χ4v) is 6.53. The van der Waals surface area contributed by atoms with Crippen LogP contribution in [0.2, 0.25) is 0 Å². The third-order valence-corrected chi connectivity index (χ3v) is 8.20. The Balaban J connectivity index is 1.51. The number of nitrogens with one attached hydrogen (secondary N) is 1. The van der Waals surface area contributed by atoms with Gasteiger partial charge < -0.3 is 10.2 Å². The highest BCUT2D eigenvalue weighted by Gasteiger charge is 2.54. The Bertz CT molecular complexity index is 1190. The molecule has 9 nitrogen and oxygen atoms in total. The van der Waals surface area contributed by atoms with Gasteiger partial charge in [0.05, 0.1) is 18.3 Å². The van der Waals surface area contributed by atoms with E-state index in [1.807, 2.05) is 13.8 Å². The van der Waals surface area contributed by atoms with E-state index in [9.17, 15) is 22.8 Å². The van der Waals surface area contributed by atoms with Crippen molar-refractivity contribution in [2.75, 3.05) is 13.1 Å². The summed E-state index contributed by atoms with van der Waals surface area (Å²) in [6.07, 6.45) is 2.29. The normalized spacial score (nSPS) is 21.2. The second kappa shape index (κ2) is 10.2. The lowest BCUT2D eigenvalue weighted by atomic mass is 10.0. The predicted molar refractivity (Wildman–Crippen MR) is 130 cm³/mol. The lowest BCUT2D eigenvalue weighted by Crippen LogP contribution is -2.53. The zero-order chi connectivity index (χ0) is 25.2. The lowest BCUT2D eigenvalue weighted by molar-refractivity contribution is -0.138. The zero-order valence-corrected chi connectivity index (χ0v) is 20.6. The Morgan fingerprint density at radius 3 is 2.49 bits per heavy atom. The summed E-state index contributed by atoms with van der Waals surface area (Å²) in [6.45, 7) is 3.90. The van der Waals surface area contributed by atoms with Crippen LogP contribution in [0.3, 0.4) is 0 Å². The van der Waals surface area contributed by atoms with Gasteiger partial charge in [0, 0.05) is 18.3 Å². The van der Waals surface area contributed by atoms with Crippen molar-refractivity contribution in [1.29, 1.82) is 0 Å². The van der Waals surface area contributed by atoms with E-state index >= 15 is 0 Å². The maximum atomic E-state index is 13.6. The summed E-state index contributed by atoms with van der Waals surface area (Å²) in [4.78, 5) is 44.8. The van der Waals surface area contributed by atoms with E-state index in [1.54, 1.807) is 48.5 Å². The molecule has 0 bridgehead atoms. The van der Waals surface area contributed by atoms with Crippen LogP contribution in [0.25, 0.3) is 0 Å². The number of sulfonamides is 1. The SMILES string of the molecule is CC(C)CC(NC(=O)c1ccccc1)C(=O)N1CCC2C1C(=O)CN2S(=O)(=O)Cc1ccccn1. The number of amides is 2. The van der Waals surface area contributed by atoms with Crippen molar-refractivity contribution in [3.63, 3.8) is 0 Å². The number of carbonyl (C=O) groups excluding carboxylic acids is 3. The molecule has 3 atom stereocenters. The number of pyridine rings is 1. The highest BCUT2D eigenvalue weighted by molar-refractivity contribution is 7.88. The molecule has 0 spiro atoms. The molecule has 1 aromatic carbocycles. The molecule has 3 unspecified atom stereocenters. The fourth-order valence-electron chi connectivity index (χ4n) is 4.86. The monoisotopic (exact) mass is 498 g/mol. The van der Waals surface area contributed by atoms with Gasteiger partial charge in [0.2, 0.25) is 15.9 Å². The summed E-state index contributed by atoms with van der Waals surface area (Å²) in [5.74, 6) is -1.21. The van der Waals surface area contributed by atoms with Crippen LogP contribution in [0.5, 0.6) is 0 Å². The molecule has 2 saturated heterocycles. The fraction of sp³-hybridized carbons (Fsp3) is 0.440. The average molecular weight is 499 g/mol. The Morgan fingerprint density at radius 2 is 1.83 bits per heavy atom. The van der Waals surface area contributed by atoms with E-state index in [2.05, 4.69) is 10.3 Å². The summed E-state index contributed by atoms with van der Waals surface area (Å²) in [5.41, 5.74) is 0.840. The number of Topliss-reactive ketones (excluding diaryl/α,β-unsaturated/α-hetero) is 1. The predicted octanol–water partition coefficient (Wildman–Crippen LogP) is 1.61. The van der Waals surface area contributed by atoms with Crippen molar-refractivity contribution in [2.24, 2.45) is 5.92 Å². The number of hydrogen-bond donors (Lipinski definition) is 1. The summed E-state index contributed by atoms with van der Waals surface area (Å²) in [5, 5.41) is 2.83. The molecule has 0 aliphatic carbocycles.